The first-order chi connectivity index (χ1) is 8.70. The van der Waals surface area contributed by atoms with E-state index in [2.05, 4.69) is 4.98 Å². The third-order valence-electron chi connectivity index (χ3n) is 2.64. The second kappa shape index (κ2) is 5.65. The van der Waals surface area contributed by atoms with Crippen molar-refractivity contribution in [3.8, 4) is 0 Å². The summed E-state index contributed by atoms with van der Waals surface area (Å²) >= 11 is 6.15. The molecule has 0 radical (unpaired) electrons. The van der Waals surface area contributed by atoms with Gasteiger partial charge in [0, 0.05) is 18.8 Å². The predicted octanol–water partition coefficient (Wildman–Crippen LogP) is 3.18. The van der Waals surface area contributed by atoms with Gasteiger partial charge >= 0.3 is 0 Å². The SMILES string of the molecule is CN(Cc1ccccn1)c1ccc(C=O)cc1Cl. The normalized spacial score (nSPS) is 10.1. The minimum Gasteiger partial charge on any atom is -0.367 e. The van der Waals surface area contributed by atoms with Crippen LogP contribution in [-0.4, -0.2) is 18.3 Å². The summed E-state index contributed by atoms with van der Waals surface area (Å²) in [5.74, 6) is 0. The summed E-state index contributed by atoms with van der Waals surface area (Å²) in [6.45, 7) is 0.668. The van der Waals surface area contributed by atoms with Crippen LogP contribution in [0.1, 0.15) is 16.1 Å². The van der Waals surface area contributed by atoms with Gasteiger partial charge in [-0.25, -0.2) is 0 Å². The highest BCUT2D eigenvalue weighted by Crippen LogP contribution is 2.26. The minimum absolute atomic E-state index is 0.568. The Kier molecular flexibility index (Phi) is 3.95. The topological polar surface area (TPSA) is 33.2 Å². The molecule has 0 fully saturated rings. The molecule has 1 aromatic carbocycles. The Morgan fingerprint density at radius 3 is 2.78 bits per heavy atom. The Balaban J connectivity index is 2.19. The molecule has 0 aliphatic rings. The second-order valence-electron chi connectivity index (χ2n) is 4.01. The summed E-state index contributed by atoms with van der Waals surface area (Å²) in [5, 5.41) is 0.568. The van der Waals surface area contributed by atoms with E-state index in [9.17, 15) is 4.79 Å². The van der Waals surface area contributed by atoms with Crippen LogP contribution in [0.3, 0.4) is 0 Å². The zero-order valence-corrected chi connectivity index (χ0v) is 10.8. The lowest BCUT2D eigenvalue weighted by Crippen LogP contribution is -2.17. The molecule has 1 heterocycles. The fourth-order valence-corrected chi connectivity index (χ4v) is 2.06. The Labute approximate surface area is 111 Å². The molecule has 92 valence electrons. The van der Waals surface area contributed by atoms with E-state index in [4.69, 9.17) is 11.6 Å². The van der Waals surface area contributed by atoms with Gasteiger partial charge in [0.15, 0.2) is 0 Å². The first-order valence-corrected chi connectivity index (χ1v) is 5.94. The maximum absolute atomic E-state index is 10.6. The molecule has 0 aliphatic heterocycles. The van der Waals surface area contributed by atoms with E-state index in [0.717, 1.165) is 17.7 Å². The molecular formula is C14H13ClN2O. The molecule has 4 heteroatoms. The lowest BCUT2D eigenvalue weighted by molar-refractivity contribution is 0.112. The summed E-state index contributed by atoms with van der Waals surface area (Å²) in [4.78, 5) is 16.9. The maximum Gasteiger partial charge on any atom is 0.150 e. The van der Waals surface area contributed by atoms with Crippen molar-refractivity contribution in [3.63, 3.8) is 0 Å². The highest BCUT2D eigenvalue weighted by Gasteiger charge is 2.07. The summed E-state index contributed by atoms with van der Waals surface area (Å²) in [6, 6.07) is 11.1. The van der Waals surface area contributed by atoms with Crippen LogP contribution >= 0.6 is 11.6 Å². The Morgan fingerprint density at radius 1 is 1.33 bits per heavy atom. The van der Waals surface area contributed by atoms with Crippen LogP contribution in [0.15, 0.2) is 42.6 Å². The van der Waals surface area contributed by atoms with Crippen LogP contribution in [-0.2, 0) is 6.54 Å². The van der Waals surface area contributed by atoms with Crippen molar-refractivity contribution in [1.82, 2.24) is 4.98 Å². The molecule has 0 bridgehead atoms. The monoisotopic (exact) mass is 260 g/mol. The molecule has 0 unspecified atom stereocenters. The largest absolute Gasteiger partial charge is 0.367 e. The Bertz CT molecular complexity index is 543. The molecule has 2 rings (SSSR count). The van der Waals surface area contributed by atoms with Gasteiger partial charge in [-0.15, -0.1) is 0 Å². The zero-order valence-electron chi connectivity index (χ0n) is 10.0. The average molecular weight is 261 g/mol. The quantitative estimate of drug-likeness (QED) is 0.792. The third-order valence-corrected chi connectivity index (χ3v) is 2.95. The average Bonchev–Trinajstić information content (AvgIpc) is 2.39. The van der Waals surface area contributed by atoms with Crippen LogP contribution in [0.2, 0.25) is 5.02 Å². The molecule has 0 spiro atoms. The summed E-state index contributed by atoms with van der Waals surface area (Å²) < 4.78 is 0. The number of carbonyl (C=O) groups is 1. The molecule has 0 saturated heterocycles. The van der Waals surface area contributed by atoms with Gasteiger partial charge in [0.1, 0.15) is 6.29 Å². The number of hydrogen-bond acceptors (Lipinski definition) is 3. The molecule has 18 heavy (non-hydrogen) atoms. The van der Waals surface area contributed by atoms with E-state index in [1.54, 1.807) is 18.3 Å². The van der Waals surface area contributed by atoms with Crippen molar-refractivity contribution in [2.75, 3.05) is 11.9 Å². The molecule has 0 saturated carbocycles. The van der Waals surface area contributed by atoms with Crippen molar-refractivity contribution in [2.45, 2.75) is 6.54 Å². The van der Waals surface area contributed by atoms with E-state index in [1.165, 1.54) is 0 Å². The Hall–Kier alpha value is -1.87. The molecule has 2 aromatic rings. The number of hydrogen-bond donors (Lipinski definition) is 0. The first-order valence-electron chi connectivity index (χ1n) is 5.56. The van der Waals surface area contributed by atoms with Crippen molar-refractivity contribution < 1.29 is 4.79 Å². The van der Waals surface area contributed by atoms with Crippen LogP contribution < -0.4 is 4.90 Å². The van der Waals surface area contributed by atoms with Gasteiger partial charge in [-0.2, -0.15) is 0 Å². The Morgan fingerprint density at radius 2 is 2.17 bits per heavy atom. The van der Waals surface area contributed by atoms with Crippen molar-refractivity contribution in [3.05, 3.63) is 58.9 Å². The number of rotatable bonds is 4. The second-order valence-corrected chi connectivity index (χ2v) is 4.41. The van der Waals surface area contributed by atoms with Gasteiger partial charge in [0.25, 0.3) is 0 Å². The molecule has 0 amide bonds. The van der Waals surface area contributed by atoms with Gasteiger partial charge < -0.3 is 4.90 Å². The van der Waals surface area contributed by atoms with Crippen molar-refractivity contribution in [2.24, 2.45) is 0 Å². The van der Waals surface area contributed by atoms with E-state index in [1.807, 2.05) is 36.2 Å². The number of anilines is 1. The summed E-state index contributed by atoms with van der Waals surface area (Å²) in [6.07, 6.45) is 2.55. The smallest absolute Gasteiger partial charge is 0.150 e. The van der Waals surface area contributed by atoms with Crippen LogP contribution in [0.25, 0.3) is 0 Å². The number of halogens is 1. The highest BCUT2D eigenvalue weighted by molar-refractivity contribution is 6.33. The predicted molar refractivity (Wildman–Crippen MR) is 73.2 cm³/mol. The summed E-state index contributed by atoms with van der Waals surface area (Å²) in [5.41, 5.74) is 2.43. The number of benzene rings is 1. The van der Waals surface area contributed by atoms with E-state index >= 15 is 0 Å². The third kappa shape index (κ3) is 2.87. The zero-order chi connectivity index (χ0) is 13.0. The standard InChI is InChI=1S/C14H13ClN2O/c1-17(9-12-4-2-3-7-16-12)14-6-5-11(10-18)8-13(14)15/h2-8,10H,9H2,1H3. The molecule has 0 N–H and O–H groups in total. The number of carbonyl (C=O) groups excluding carboxylic acids is 1. The maximum atomic E-state index is 10.6. The molecule has 3 nitrogen and oxygen atoms in total. The van der Waals surface area contributed by atoms with E-state index in [-0.39, 0.29) is 0 Å². The lowest BCUT2D eigenvalue weighted by Gasteiger charge is -2.20. The van der Waals surface area contributed by atoms with Crippen molar-refractivity contribution >= 4 is 23.6 Å². The molecule has 0 atom stereocenters. The van der Waals surface area contributed by atoms with E-state index in [0.29, 0.717) is 17.1 Å². The number of pyridine rings is 1. The molecule has 1 aromatic heterocycles. The van der Waals surface area contributed by atoms with E-state index < -0.39 is 0 Å². The van der Waals surface area contributed by atoms with Crippen LogP contribution in [0.5, 0.6) is 0 Å². The fourth-order valence-electron chi connectivity index (χ4n) is 1.73. The first kappa shape index (κ1) is 12.6. The van der Waals surface area contributed by atoms with Crippen LogP contribution in [0, 0.1) is 0 Å². The van der Waals surface area contributed by atoms with Gasteiger partial charge in [0.05, 0.1) is 22.9 Å². The van der Waals surface area contributed by atoms with Gasteiger partial charge in [-0.1, -0.05) is 17.7 Å². The number of aldehydes is 1. The van der Waals surface area contributed by atoms with Gasteiger partial charge in [-0.3, -0.25) is 9.78 Å². The molecule has 0 aliphatic carbocycles. The highest BCUT2D eigenvalue weighted by atomic mass is 35.5. The summed E-state index contributed by atoms with van der Waals surface area (Å²) in [7, 11) is 1.94. The van der Waals surface area contributed by atoms with Gasteiger partial charge in [0.2, 0.25) is 0 Å². The van der Waals surface area contributed by atoms with Crippen molar-refractivity contribution in [1.29, 1.82) is 0 Å². The lowest BCUT2D eigenvalue weighted by atomic mass is 10.2. The van der Waals surface area contributed by atoms with Crippen LogP contribution in [0.4, 0.5) is 5.69 Å². The number of aromatic nitrogens is 1. The fraction of sp³-hybridized carbons (Fsp3) is 0.143. The minimum atomic E-state index is 0.568. The van der Waals surface area contributed by atoms with Gasteiger partial charge in [-0.05, 0) is 30.3 Å². The number of nitrogens with zero attached hydrogens (tertiary/aromatic N) is 2. The molecular weight excluding hydrogens is 248 g/mol.